The predicted molar refractivity (Wildman–Crippen MR) is 84.1 cm³/mol. The second-order valence-electron chi connectivity index (χ2n) is 6.30. The third kappa shape index (κ3) is 2.37. The van der Waals surface area contributed by atoms with E-state index in [-0.39, 0.29) is 5.92 Å². The number of carbonyl (C=O) groups excluding carboxylic acids is 1. The SMILES string of the molecule is Cc1ccc2ccccc2c1C(=O)C1CCC(C)CC1. The molecule has 2 aromatic rings. The van der Waals surface area contributed by atoms with Gasteiger partial charge in [0.15, 0.2) is 5.78 Å². The van der Waals surface area contributed by atoms with Crippen molar-refractivity contribution in [1.82, 2.24) is 0 Å². The predicted octanol–water partition coefficient (Wildman–Crippen LogP) is 5.16. The molecule has 2 aromatic carbocycles. The molecular formula is C19H22O. The van der Waals surface area contributed by atoms with E-state index in [1.807, 2.05) is 12.1 Å². The smallest absolute Gasteiger partial charge is 0.166 e. The second-order valence-corrected chi connectivity index (χ2v) is 6.30. The molecule has 1 aliphatic rings. The Hall–Kier alpha value is -1.63. The molecule has 0 aromatic heterocycles. The topological polar surface area (TPSA) is 17.1 Å². The lowest BCUT2D eigenvalue weighted by Crippen LogP contribution is -2.21. The van der Waals surface area contributed by atoms with E-state index in [0.717, 1.165) is 35.3 Å². The Balaban J connectivity index is 2.01. The molecule has 1 fully saturated rings. The molecule has 0 spiro atoms. The molecule has 0 heterocycles. The van der Waals surface area contributed by atoms with Crippen molar-refractivity contribution in [3.05, 3.63) is 47.5 Å². The number of hydrogen-bond acceptors (Lipinski definition) is 1. The van der Waals surface area contributed by atoms with Crippen molar-refractivity contribution >= 4 is 16.6 Å². The molecule has 0 aliphatic heterocycles. The highest BCUT2D eigenvalue weighted by Crippen LogP contribution is 2.33. The third-order valence-electron chi connectivity index (χ3n) is 4.77. The lowest BCUT2D eigenvalue weighted by Gasteiger charge is -2.26. The molecule has 1 aliphatic carbocycles. The Morgan fingerprint density at radius 1 is 1.00 bits per heavy atom. The van der Waals surface area contributed by atoms with Crippen molar-refractivity contribution in [2.75, 3.05) is 0 Å². The van der Waals surface area contributed by atoms with Crippen LogP contribution in [0, 0.1) is 18.8 Å². The van der Waals surface area contributed by atoms with Gasteiger partial charge in [-0.1, -0.05) is 56.2 Å². The number of fused-ring (bicyclic) bond motifs is 1. The molecular weight excluding hydrogens is 244 g/mol. The summed E-state index contributed by atoms with van der Waals surface area (Å²) < 4.78 is 0. The summed E-state index contributed by atoms with van der Waals surface area (Å²) in [7, 11) is 0. The first kappa shape index (κ1) is 13.4. The van der Waals surface area contributed by atoms with Gasteiger partial charge in [0, 0.05) is 11.5 Å². The largest absolute Gasteiger partial charge is 0.294 e. The number of rotatable bonds is 2. The van der Waals surface area contributed by atoms with Crippen molar-refractivity contribution in [3.8, 4) is 0 Å². The summed E-state index contributed by atoms with van der Waals surface area (Å²) in [6, 6.07) is 12.4. The molecule has 0 saturated heterocycles. The Bertz CT molecular complexity index is 633. The fourth-order valence-electron chi connectivity index (χ4n) is 3.43. The van der Waals surface area contributed by atoms with E-state index in [1.165, 1.54) is 18.2 Å². The fraction of sp³-hybridized carbons (Fsp3) is 0.421. The molecule has 0 radical (unpaired) electrons. The van der Waals surface area contributed by atoms with E-state index in [1.54, 1.807) is 0 Å². The zero-order valence-electron chi connectivity index (χ0n) is 12.4. The average molecular weight is 266 g/mol. The van der Waals surface area contributed by atoms with Gasteiger partial charge in [0.1, 0.15) is 0 Å². The van der Waals surface area contributed by atoms with Gasteiger partial charge in [-0.2, -0.15) is 0 Å². The van der Waals surface area contributed by atoms with Crippen LogP contribution in [-0.2, 0) is 0 Å². The molecule has 1 heteroatoms. The van der Waals surface area contributed by atoms with Crippen LogP contribution >= 0.6 is 0 Å². The van der Waals surface area contributed by atoms with Gasteiger partial charge in [0.2, 0.25) is 0 Å². The highest BCUT2D eigenvalue weighted by Gasteiger charge is 2.27. The van der Waals surface area contributed by atoms with Crippen LogP contribution in [0.15, 0.2) is 36.4 Å². The molecule has 3 rings (SSSR count). The minimum absolute atomic E-state index is 0.232. The lowest BCUT2D eigenvalue weighted by atomic mass is 9.78. The van der Waals surface area contributed by atoms with Crippen molar-refractivity contribution < 1.29 is 4.79 Å². The van der Waals surface area contributed by atoms with E-state index in [9.17, 15) is 4.79 Å². The van der Waals surface area contributed by atoms with Crippen molar-refractivity contribution in [3.63, 3.8) is 0 Å². The average Bonchev–Trinajstić information content (AvgIpc) is 2.47. The quantitative estimate of drug-likeness (QED) is 0.686. The van der Waals surface area contributed by atoms with E-state index in [2.05, 4.69) is 38.1 Å². The molecule has 0 atom stereocenters. The minimum Gasteiger partial charge on any atom is -0.294 e. The van der Waals surface area contributed by atoms with E-state index in [4.69, 9.17) is 0 Å². The molecule has 0 N–H and O–H groups in total. The summed E-state index contributed by atoms with van der Waals surface area (Å²) in [6.07, 6.45) is 4.51. The number of hydrogen-bond donors (Lipinski definition) is 0. The summed E-state index contributed by atoms with van der Waals surface area (Å²) in [5.74, 6) is 1.38. The molecule has 0 unspecified atom stereocenters. The van der Waals surface area contributed by atoms with Crippen LogP contribution in [0.2, 0.25) is 0 Å². The van der Waals surface area contributed by atoms with Crippen LogP contribution in [0.25, 0.3) is 10.8 Å². The first-order valence-corrected chi connectivity index (χ1v) is 7.69. The minimum atomic E-state index is 0.232. The number of Topliss-reactive ketones (excluding diaryl/α,β-unsaturated/α-hetero) is 1. The standard InChI is InChI=1S/C19H22O/c1-13-7-10-16(11-8-13)19(20)18-14(2)9-12-15-5-3-4-6-17(15)18/h3-6,9,12-13,16H,7-8,10-11H2,1-2H3. The first-order chi connectivity index (χ1) is 9.66. The van der Waals surface area contributed by atoms with Gasteiger partial charge in [0.25, 0.3) is 0 Å². The second kappa shape index (κ2) is 5.40. The van der Waals surface area contributed by atoms with Crippen LogP contribution in [0.1, 0.15) is 48.5 Å². The monoisotopic (exact) mass is 266 g/mol. The molecule has 0 amide bonds. The van der Waals surface area contributed by atoms with Gasteiger partial charge < -0.3 is 0 Å². The lowest BCUT2D eigenvalue weighted by molar-refractivity contribution is 0.0877. The van der Waals surface area contributed by atoms with Crippen molar-refractivity contribution in [2.45, 2.75) is 39.5 Å². The summed E-state index contributed by atoms with van der Waals surface area (Å²) in [6.45, 7) is 4.36. The van der Waals surface area contributed by atoms with Gasteiger partial charge in [-0.3, -0.25) is 4.79 Å². The number of ketones is 1. The molecule has 20 heavy (non-hydrogen) atoms. The highest BCUT2D eigenvalue weighted by atomic mass is 16.1. The molecule has 1 nitrogen and oxygen atoms in total. The Labute approximate surface area is 121 Å². The Morgan fingerprint density at radius 3 is 2.45 bits per heavy atom. The van der Waals surface area contributed by atoms with E-state index in [0.29, 0.717) is 5.78 Å². The van der Waals surface area contributed by atoms with Crippen molar-refractivity contribution in [1.29, 1.82) is 0 Å². The maximum absolute atomic E-state index is 12.9. The van der Waals surface area contributed by atoms with Gasteiger partial charge in [-0.05, 0) is 42.0 Å². The van der Waals surface area contributed by atoms with Gasteiger partial charge in [0.05, 0.1) is 0 Å². The zero-order valence-corrected chi connectivity index (χ0v) is 12.4. The number of benzene rings is 2. The molecule has 0 bridgehead atoms. The Kier molecular flexibility index (Phi) is 3.60. The van der Waals surface area contributed by atoms with Crippen LogP contribution in [0.4, 0.5) is 0 Å². The normalized spacial score (nSPS) is 22.9. The van der Waals surface area contributed by atoms with Crippen LogP contribution in [0.3, 0.4) is 0 Å². The maximum atomic E-state index is 12.9. The Morgan fingerprint density at radius 2 is 1.70 bits per heavy atom. The van der Waals surface area contributed by atoms with Crippen LogP contribution in [-0.4, -0.2) is 5.78 Å². The zero-order chi connectivity index (χ0) is 14.1. The summed E-state index contributed by atoms with van der Waals surface area (Å²) >= 11 is 0. The first-order valence-electron chi connectivity index (χ1n) is 7.69. The van der Waals surface area contributed by atoms with Gasteiger partial charge in [-0.15, -0.1) is 0 Å². The molecule has 104 valence electrons. The molecule has 1 saturated carbocycles. The third-order valence-corrected chi connectivity index (χ3v) is 4.77. The summed E-state index contributed by atoms with van der Waals surface area (Å²) in [5, 5.41) is 2.29. The fourth-order valence-corrected chi connectivity index (χ4v) is 3.43. The highest BCUT2D eigenvalue weighted by molar-refractivity contribution is 6.10. The van der Waals surface area contributed by atoms with Gasteiger partial charge in [-0.25, -0.2) is 0 Å². The summed E-state index contributed by atoms with van der Waals surface area (Å²) in [4.78, 5) is 12.9. The van der Waals surface area contributed by atoms with Crippen LogP contribution < -0.4 is 0 Å². The number of aryl methyl sites for hydroxylation is 1. The number of carbonyl (C=O) groups is 1. The van der Waals surface area contributed by atoms with Gasteiger partial charge >= 0.3 is 0 Å². The van der Waals surface area contributed by atoms with Crippen molar-refractivity contribution in [2.24, 2.45) is 11.8 Å². The van der Waals surface area contributed by atoms with E-state index < -0.39 is 0 Å². The van der Waals surface area contributed by atoms with E-state index >= 15 is 0 Å². The van der Waals surface area contributed by atoms with Crippen LogP contribution in [0.5, 0.6) is 0 Å². The maximum Gasteiger partial charge on any atom is 0.166 e. The summed E-state index contributed by atoms with van der Waals surface area (Å²) in [5.41, 5.74) is 2.08.